The molecule has 0 saturated heterocycles. The summed E-state index contributed by atoms with van der Waals surface area (Å²) in [6.07, 6.45) is 0.831. The van der Waals surface area contributed by atoms with Crippen molar-refractivity contribution in [2.75, 3.05) is 0 Å². The zero-order valence-corrected chi connectivity index (χ0v) is 13.3. The van der Waals surface area contributed by atoms with Gasteiger partial charge in [-0.05, 0) is 36.6 Å². The molecule has 0 spiro atoms. The molecule has 3 aromatic rings. The summed E-state index contributed by atoms with van der Waals surface area (Å²) in [7, 11) is 1.99. The highest BCUT2D eigenvalue weighted by atomic mass is 16.2. The molecule has 1 aliphatic rings. The van der Waals surface area contributed by atoms with Gasteiger partial charge in [0, 0.05) is 7.05 Å². The minimum absolute atomic E-state index is 0.0247. The zero-order valence-electron chi connectivity index (χ0n) is 13.3. The van der Waals surface area contributed by atoms with Crippen LogP contribution >= 0.6 is 0 Å². The maximum atomic E-state index is 12.6. The molecular formula is C19H19N3O. The van der Waals surface area contributed by atoms with Crippen LogP contribution in [0.3, 0.4) is 0 Å². The number of fused-ring (bicyclic) bond motifs is 2. The number of amides is 1. The molecule has 0 radical (unpaired) electrons. The summed E-state index contributed by atoms with van der Waals surface area (Å²) < 4.78 is 2.05. The summed E-state index contributed by atoms with van der Waals surface area (Å²) in [5.41, 5.74) is 4.47. The van der Waals surface area contributed by atoms with Crippen molar-refractivity contribution in [1.82, 2.24) is 14.9 Å². The van der Waals surface area contributed by atoms with Gasteiger partial charge in [-0.15, -0.1) is 0 Å². The molecule has 116 valence electrons. The second-order valence-electron chi connectivity index (χ2n) is 6.20. The lowest BCUT2D eigenvalue weighted by molar-refractivity contribution is -0.123. The standard InChI is InChI=1S/C19H19N3O/c1-12(18-21-16-9-5-6-10-17(16)22(18)2)20-19(23)15-11-13-7-3-4-8-14(13)15/h3-10,12,15H,11H2,1-2H3,(H,20,23). The van der Waals surface area contributed by atoms with Crippen molar-refractivity contribution in [2.45, 2.75) is 25.3 Å². The van der Waals surface area contributed by atoms with E-state index in [1.807, 2.05) is 56.4 Å². The minimum atomic E-state index is -0.118. The van der Waals surface area contributed by atoms with Crippen molar-refractivity contribution in [2.24, 2.45) is 7.05 Å². The minimum Gasteiger partial charge on any atom is -0.346 e. The maximum absolute atomic E-state index is 12.6. The first kappa shape index (κ1) is 14.0. The van der Waals surface area contributed by atoms with Crippen LogP contribution in [-0.4, -0.2) is 15.5 Å². The van der Waals surface area contributed by atoms with E-state index in [2.05, 4.69) is 20.9 Å². The average molecular weight is 305 g/mol. The molecule has 1 aromatic heterocycles. The first-order chi connectivity index (χ1) is 11.1. The van der Waals surface area contributed by atoms with Crippen molar-refractivity contribution >= 4 is 16.9 Å². The largest absolute Gasteiger partial charge is 0.346 e. The van der Waals surface area contributed by atoms with Crippen LogP contribution in [-0.2, 0) is 18.3 Å². The van der Waals surface area contributed by atoms with Gasteiger partial charge in [0.05, 0.1) is 23.0 Å². The lowest BCUT2D eigenvalue weighted by Gasteiger charge is -2.30. The number of benzene rings is 2. The van der Waals surface area contributed by atoms with Gasteiger partial charge in [-0.3, -0.25) is 4.79 Å². The van der Waals surface area contributed by atoms with E-state index in [0.29, 0.717) is 0 Å². The van der Waals surface area contributed by atoms with Crippen molar-refractivity contribution in [3.8, 4) is 0 Å². The van der Waals surface area contributed by atoms with Crippen LogP contribution in [0.1, 0.15) is 35.8 Å². The first-order valence-electron chi connectivity index (χ1n) is 7.94. The normalized spacial score (nSPS) is 17.4. The lowest BCUT2D eigenvalue weighted by Crippen LogP contribution is -2.37. The van der Waals surface area contributed by atoms with E-state index in [9.17, 15) is 4.79 Å². The maximum Gasteiger partial charge on any atom is 0.228 e. The Hall–Kier alpha value is -2.62. The summed E-state index contributed by atoms with van der Waals surface area (Å²) in [6.45, 7) is 1.99. The molecule has 23 heavy (non-hydrogen) atoms. The highest BCUT2D eigenvalue weighted by molar-refractivity contribution is 5.87. The summed E-state index contributed by atoms with van der Waals surface area (Å²) in [5.74, 6) is 0.943. The zero-order chi connectivity index (χ0) is 16.0. The fourth-order valence-electron chi connectivity index (χ4n) is 3.42. The Balaban J connectivity index is 1.55. The van der Waals surface area contributed by atoms with Crippen LogP contribution < -0.4 is 5.32 Å². The van der Waals surface area contributed by atoms with Gasteiger partial charge in [0.15, 0.2) is 0 Å². The molecule has 0 bridgehead atoms. The van der Waals surface area contributed by atoms with Gasteiger partial charge in [-0.1, -0.05) is 36.4 Å². The smallest absolute Gasteiger partial charge is 0.228 e. The Kier molecular flexibility index (Phi) is 3.18. The van der Waals surface area contributed by atoms with Gasteiger partial charge in [-0.2, -0.15) is 0 Å². The van der Waals surface area contributed by atoms with Gasteiger partial charge in [0.25, 0.3) is 0 Å². The molecule has 2 aromatic carbocycles. The molecule has 0 aliphatic heterocycles. The molecule has 4 heteroatoms. The number of aromatic nitrogens is 2. The van der Waals surface area contributed by atoms with Crippen molar-refractivity contribution in [3.63, 3.8) is 0 Å². The third-order valence-electron chi connectivity index (χ3n) is 4.74. The Labute approximate surface area is 135 Å². The van der Waals surface area contributed by atoms with E-state index in [0.717, 1.165) is 28.8 Å². The number of nitrogens with one attached hydrogen (secondary N) is 1. The van der Waals surface area contributed by atoms with Crippen LogP contribution in [0.25, 0.3) is 11.0 Å². The molecule has 1 N–H and O–H groups in total. The number of rotatable bonds is 3. The molecule has 1 aliphatic carbocycles. The average Bonchev–Trinajstić information content (AvgIpc) is 2.86. The molecule has 1 heterocycles. The molecule has 1 amide bonds. The number of imidazole rings is 1. The van der Waals surface area contributed by atoms with Gasteiger partial charge < -0.3 is 9.88 Å². The van der Waals surface area contributed by atoms with Gasteiger partial charge in [0.2, 0.25) is 5.91 Å². The van der Waals surface area contributed by atoms with Crippen molar-refractivity contribution in [3.05, 3.63) is 65.5 Å². The molecule has 4 nitrogen and oxygen atoms in total. The van der Waals surface area contributed by atoms with Crippen LogP contribution in [0.5, 0.6) is 0 Å². The molecule has 0 fully saturated rings. The number of carbonyl (C=O) groups is 1. The Morgan fingerprint density at radius 3 is 2.74 bits per heavy atom. The predicted octanol–water partition coefficient (Wildman–Crippen LogP) is 3.09. The third-order valence-corrected chi connectivity index (χ3v) is 4.74. The van der Waals surface area contributed by atoms with Crippen molar-refractivity contribution in [1.29, 1.82) is 0 Å². The summed E-state index contributed by atoms with van der Waals surface area (Å²) >= 11 is 0. The first-order valence-corrected chi connectivity index (χ1v) is 7.94. The monoisotopic (exact) mass is 305 g/mol. The summed E-state index contributed by atoms with van der Waals surface area (Å²) in [4.78, 5) is 17.2. The second kappa shape index (κ2) is 5.23. The molecule has 0 saturated carbocycles. The van der Waals surface area contributed by atoms with E-state index in [1.165, 1.54) is 5.56 Å². The van der Waals surface area contributed by atoms with Gasteiger partial charge >= 0.3 is 0 Å². The Bertz CT molecular complexity index is 897. The van der Waals surface area contributed by atoms with E-state index < -0.39 is 0 Å². The van der Waals surface area contributed by atoms with Crippen LogP contribution in [0.15, 0.2) is 48.5 Å². The van der Waals surface area contributed by atoms with Gasteiger partial charge in [-0.25, -0.2) is 4.98 Å². The van der Waals surface area contributed by atoms with E-state index in [4.69, 9.17) is 0 Å². The Morgan fingerprint density at radius 2 is 1.96 bits per heavy atom. The molecule has 2 atom stereocenters. The van der Waals surface area contributed by atoms with Crippen molar-refractivity contribution < 1.29 is 4.79 Å². The van der Waals surface area contributed by atoms with Crippen LogP contribution in [0, 0.1) is 0 Å². The number of aryl methyl sites for hydroxylation is 1. The second-order valence-corrected chi connectivity index (χ2v) is 6.20. The predicted molar refractivity (Wildman–Crippen MR) is 90.2 cm³/mol. The molecular weight excluding hydrogens is 286 g/mol. The quantitative estimate of drug-likeness (QED) is 0.808. The fraction of sp³-hybridized carbons (Fsp3) is 0.263. The number of hydrogen-bond donors (Lipinski definition) is 1. The number of para-hydroxylation sites is 2. The topological polar surface area (TPSA) is 46.9 Å². The highest BCUT2D eigenvalue weighted by Crippen LogP contribution is 2.35. The van der Waals surface area contributed by atoms with E-state index >= 15 is 0 Å². The summed E-state index contributed by atoms with van der Waals surface area (Å²) in [6, 6.07) is 16.1. The number of carbonyl (C=O) groups excluding carboxylic acids is 1. The Morgan fingerprint density at radius 1 is 1.22 bits per heavy atom. The highest BCUT2D eigenvalue weighted by Gasteiger charge is 2.32. The lowest BCUT2D eigenvalue weighted by atomic mass is 9.77. The third kappa shape index (κ3) is 2.22. The molecule has 4 rings (SSSR count). The van der Waals surface area contributed by atoms with Gasteiger partial charge in [0.1, 0.15) is 5.82 Å². The molecule has 2 unspecified atom stereocenters. The van der Waals surface area contributed by atoms with Crippen LogP contribution in [0.2, 0.25) is 0 Å². The van der Waals surface area contributed by atoms with E-state index in [1.54, 1.807) is 0 Å². The number of nitrogens with zero attached hydrogens (tertiary/aromatic N) is 2. The fourth-order valence-corrected chi connectivity index (χ4v) is 3.42. The number of hydrogen-bond acceptors (Lipinski definition) is 2. The van der Waals surface area contributed by atoms with Crippen LogP contribution in [0.4, 0.5) is 0 Å². The van der Waals surface area contributed by atoms with E-state index in [-0.39, 0.29) is 17.9 Å². The summed E-state index contributed by atoms with van der Waals surface area (Å²) in [5, 5.41) is 3.12. The SMILES string of the molecule is CC(NC(=O)C1Cc2ccccc21)c1nc2ccccc2n1C.